The van der Waals surface area contributed by atoms with Crippen molar-refractivity contribution in [1.82, 2.24) is 0 Å². The van der Waals surface area contributed by atoms with E-state index in [1.807, 2.05) is 0 Å². The van der Waals surface area contributed by atoms with Gasteiger partial charge in [0.25, 0.3) is 15.7 Å². The summed E-state index contributed by atoms with van der Waals surface area (Å²) in [4.78, 5) is 21.5. The number of allylic oxidation sites excluding steroid dienone is 2. The van der Waals surface area contributed by atoms with Crippen LogP contribution in [0, 0.1) is 10.1 Å². The van der Waals surface area contributed by atoms with Crippen molar-refractivity contribution in [3.8, 4) is 0 Å². The van der Waals surface area contributed by atoms with E-state index in [1.54, 1.807) is 13.8 Å². The Kier molecular flexibility index (Phi) is 5.72. The minimum absolute atomic E-state index is 0.136. The molecule has 0 amide bonds. The van der Waals surface area contributed by atoms with Crippen LogP contribution in [-0.2, 0) is 14.8 Å². The molecule has 2 atom stereocenters. The largest absolute Gasteiger partial charge is 0.292 e. The van der Waals surface area contributed by atoms with Crippen LogP contribution in [0.5, 0.6) is 0 Å². The Morgan fingerprint density at radius 2 is 1.96 bits per heavy atom. The number of alkyl halides is 2. The van der Waals surface area contributed by atoms with Gasteiger partial charge in [0.2, 0.25) is 0 Å². The number of nitro groups is 1. The predicted octanol–water partition coefficient (Wildman–Crippen LogP) is 3.89. The fraction of sp³-hybridized carbons (Fsp3) is 0.286. The Balaban J connectivity index is 2.63. The second-order valence-corrected chi connectivity index (χ2v) is 10.4. The van der Waals surface area contributed by atoms with Crippen molar-refractivity contribution in [1.29, 1.82) is 0 Å². The van der Waals surface area contributed by atoms with Crippen LogP contribution in [0.25, 0.3) is 0 Å². The molecule has 7 nitrogen and oxygen atoms in total. The Bertz CT molecular complexity index is 938. The van der Waals surface area contributed by atoms with Crippen molar-refractivity contribution < 1.29 is 18.1 Å². The predicted molar refractivity (Wildman–Crippen MR) is 104 cm³/mol. The topological polar surface area (TPSA) is 107 Å². The van der Waals surface area contributed by atoms with Gasteiger partial charge in [0.1, 0.15) is 4.32 Å². The lowest BCUT2D eigenvalue weighted by molar-refractivity contribution is -0.385. The third-order valence-electron chi connectivity index (χ3n) is 3.62. The van der Waals surface area contributed by atoms with E-state index in [4.69, 9.17) is 0 Å². The van der Waals surface area contributed by atoms with Gasteiger partial charge >= 0.3 is 0 Å². The summed E-state index contributed by atoms with van der Waals surface area (Å²) in [6, 6.07) is 4.63. The first kappa shape index (κ1) is 20.4. The van der Waals surface area contributed by atoms with Gasteiger partial charge in [-0.2, -0.15) is 12.8 Å². The number of hydrogen-bond donors (Lipinski definition) is 0. The fourth-order valence-corrected chi connectivity index (χ4v) is 5.33. The number of sulfonamides is 1. The van der Waals surface area contributed by atoms with Gasteiger partial charge in [-0.3, -0.25) is 14.9 Å². The Hall–Kier alpha value is -0.910. The number of nitrogens with zero attached hydrogens (tertiary/aromatic N) is 2. The molecule has 1 aromatic rings. The minimum Gasteiger partial charge on any atom is -0.292 e. The minimum atomic E-state index is -4.21. The molecule has 2 unspecified atom stereocenters. The number of Topliss-reactive ketones (excluding diaryl/α,β-unsaturated/α-hetero) is 1. The maximum atomic E-state index is 12.6. The average Bonchev–Trinajstić information content (AvgIpc) is 2.56. The maximum absolute atomic E-state index is 12.6. The van der Waals surface area contributed by atoms with E-state index in [0.29, 0.717) is 5.57 Å². The van der Waals surface area contributed by atoms with Crippen LogP contribution in [0.15, 0.2) is 43.6 Å². The highest BCUT2D eigenvalue weighted by atomic mass is 79.9. The lowest BCUT2D eigenvalue weighted by Crippen LogP contribution is -2.47. The molecule has 2 rings (SSSR count). The third-order valence-corrected chi connectivity index (χ3v) is 8.64. The Labute approximate surface area is 169 Å². The van der Waals surface area contributed by atoms with Gasteiger partial charge in [-0.05, 0) is 41.4 Å². The lowest BCUT2D eigenvalue weighted by Gasteiger charge is -2.33. The van der Waals surface area contributed by atoms with Crippen molar-refractivity contribution in [3.05, 3.63) is 44.4 Å². The number of carbonyl (C=O) groups excluding carboxylic acids is 1. The lowest BCUT2D eigenvalue weighted by atomic mass is 9.88. The molecule has 0 fully saturated rings. The van der Waals surface area contributed by atoms with Crippen molar-refractivity contribution in [2.24, 2.45) is 4.40 Å². The highest BCUT2D eigenvalue weighted by Gasteiger charge is 2.47. The van der Waals surface area contributed by atoms with Crippen LogP contribution in [-0.4, -0.2) is 34.0 Å². The molecule has 0 saturated heterocycles. The molecule has 1 aliphatic rings. The van der Waals surface area contributed by atoms with E-state index < -0.39 is 24.1 Å². The van der Waals surface area contributed by atoms with Crippen LogP contribution in [0.1, 0.15) is 13.8 Å². The SMILES string of the molecule is CC1=C(Br)C(=O)C(C)(Br)C(Br)/C1=N/S(=O)(=O)c1cccc([N+](=O)[O-])c1. The van der Waals surface area contributed by atoms with Crippen LogP contribution >= 0.6 is 47.8 Å². The van der Waals surface area contributed by atoms with Crippen molar-refractivity contribution in [2.45, 2.75) is 27.9 Å². The molecule has 134 valence electrons. The van der Waals surface area contributed by atoms with Crippen LogP contribution in [0.3, 0.4) is 0 Å². The summed E-state index contributed by atoms with van der Waals surface area (Å²) in [5, 5.41) is 10.8. The summed E-state index contributed by atoms with van der Waals surface area (Å²) in [5.41, 5.74) is 0.157. The van der Waals surface area contributed by atoms with Gasteiger partial charge in [-0.1, -0.05) is 37.9 Å². The van der Waals surface area contributed by atoms with Crippen LogP contribution < -0.4 is 0 Å². The van der Waals surface area contributed by atoms with Crippen molar-refractivity contribution in [3.63, 3.8) is 0 Å². The first-order valence-electron chi connectivity index (χ1n) is 6.73. The van der Waals surface area contributed by atoms with E-state index in [1.165, 1.54) is 18.2 Å². The molecule has 0 heterocycles. The number of nitro benzene ring substituents is 1. The zero-order valence-electron chi connectivity index (χ0n) is 12.9. The van der Waals surface area contributed by atoms with E-state index >= 15 is 0 Å². The number of ketones is 1. The number of benzene rings is 1. The molecule has 0 spiro atoms. The molecule has 25 heavy (non-hydrogen) atoms. The zero-order valence-corrected chi connectivity index (χ0v) is 18.4. The fourth-order valence-electron chi connectivity index (χ4n) is 2.11. The molecule has 11 heteroatoms. The molecule has 0 aromatic heterocycles. The standard InChI is InChI=1S/C14H11Br3N2O5S/c1-7-10(15)13(20)14(2,17)12(16)11(7)18-25(23,24)9-5-3-4-8(6-9)19(21)22/h3-6,12H,1-2H3/b18-11+. The molecule has 0 N–H and O–H groups in total. The van der Waals surface area contributed by atoms with Gasteiger partial charge < -0.3 is 0 Å². The summed E-state index contributed by atoms with van der Waals surface area (Å²) >= 11 is 9.79. The summed E-state index contributed by atoms with van der Waals surface area (Å²) < 4.78 is 28.1. The quantitative estimate of drug-likeness (QED) is 0.318. The van der Waals surface area contributed by atoms with Gasteiger partial charge in [0.15, 0.2) is 5.78 Å². The molecule has 0 bridgehead atoms. The van der Waals surface area contributed by atoms with E-state index in [2.05, 4.69) is 52.2 Å². The first-order chi connectivity index (χ1) is 11.4. The van der Waals surface area contributed by atoms with E-state index in [-0.39, 0.29) is 26.6 Å². The number of non-ortho nitro benzene ring substituents is 1. The normalized spacial score (nSPS) is 26.2. The van der Waals surface area contributed by atoms with Crippen LogP contribution in [0.2, 0.25) is 0 Å². The molecule has 0 aliphatic heterocycles. The molecule has 1 aliphatic carbocycles. The summed E-state index contributed by atoms with van der Waals surface area (Å²) in [7, 11) is -4.21. The van der Waals surface area contributed by atoms with E-state index in [0.717, 1.165) is 6.07 Å². The number of rotatable bonds is 3. The Morgan fingerprint density at radius 3 is 2.52 bits per heavy atom. The third kappa shape index (κ3) is 3.79. The van der Waals surface area contributed by atoms with Gasteiger partial charge in [-0.25, -0.2) is 0 Å². The highest BCUT2D eigenvalue weighted by molar-refractivity contribution is 9.13. The van der Waals surface area contributed by atoms with Gasteiger partial charge in [0.05, 0.1) is 24.8 Å². The summed E-state index contributed by atoms with van der Waals surface area (Å²) in [5.74, 6) is -0.251. The second-order valence-electron chi connectivity index (χ2n) is 5.41. The molecular formula is C14H11Br3N2O5S. The second kappa shape index (κ2) is 7.01. The molecule has 0 radical (unpaired) electrons. The van der Waals surface area contributed by atoms with E-state index in [9.17, 15) is 23.3 Å². The highest BCUT2D eigenvalue weighted by Crippen LogP contribution is 2.41. The average molecular weight is 559 g/mol. The maximum Gasteiger partial charge on any atom is 0.282 e. The summed E-state index contributed by atoms with van der Waals surface area (Å²) in [6.07, 6.45) is 0. The summed E-state index contributed by atoms with van der Waals surface area (Å²) in [6.45, 7) is 3.16. The van der Waals surface area contributed by atoms with Crippen molar-refractivity contribution >= 4 is 75.0 Å². The number of carbonyl (C=O) groups is 1. The van der Waals surface area contributed by atoms with Crippen LogP contribution in [0.4, 0.5) is 5.69 Å². The van der Waals surface area contributed by atoms with Gasteiger partial charge in [0, 0.05) is 12.1 Å². The zero-order chi connectivity index (χ0) is 19.2. The monoisotopic (exact) mass is 556 g/mol. The molecular weight excluding hydrogens is 548 g/mol. The van der Waals surface area contributed by atoms with Gasteiger partial charge in [-0.15, -0.1) is 0 Å². The molecule has 1 aromatic carbocycles. The number of hydrogen-bond acceptors (Lipinski definition) is 5. The Morgan fingerprint density at radius 1 is 1.36 bits per heavy atom. The molecule has 0 saturated carbocycles. The number of halogens is 3. The van der Waals surface area contributed by atoms with Crippen molar-refractivity contribution in [2.75, 3.05) is 0 Å². The smallest absolute Gasteiger partial charge is 0.282 e. The first-order valence-corrected chi connectivity index (χ1v) is 10.7.